The van der Waals surface area contributed by atoms with Crippen LogP contribution in [0.5, 0.6) is 0 Å². The third kappa shape index (κ3) is 4.32. The number of imidazole rings is 1. The number of thioether (sulfide) groups is 1. The summed E-state index contributed by atoms with van der Waals surface area (Å²) in [6, 6.07) is 7.47. The fourth-order valence-electron chi connectivity index (χ4n) is 2.58. The van der Waals surface area contributed by atoms with Gasteiger partial charge in [-0.2, -0.15) is 0 Å². The predicted octanol–water partition coefficient (Wildman–Crippen LogP) is 2.71. The molecule has 3 aromatic rings. The average molecular weight is 426 g/mol. The Hall–Kier alpha value is -2.50. The molecule has 0 radical (unpaired) electrons. The molecule has 0 aliphatic rings. The van der Waals surface area contributed by atoms with Crippen molar-refractivity contribution in [2.75, 3.05) is 11.1 Å². The van der Waals surface area contributed by atoms with Gasteiger partial charge < -0.3 is 9.88 Å². The highest BCUT2D eigenvalue weighted by Crippen LogP contribution is 2.26. The lowest BCUT2D eigenvalue weighted by Gasteiger charge is -2.07. The lowest BCUT2D eigenvalue weighted by Crippen LogP contribution is -2.14. The Kier molecular flexibility index (Phi) is 5.68. The second-order valence-electron chi connectivity index (χ2n) is 5.80. The Morgan fingerprint density at radius 2 is 1.96 bits per heavy atom. The standard InChI is InChI=1S/C17H16F2N4O3S2/c1-2-23-15-6-4-11(28(20,25)26)8-14(15)22-17(23)27-9-16(24)21-10-3-5-12(18)13(19)7-10/h3-8H,2,9H2,1H3,(H,21,24)(H2,20,25,26). The van der Waals surface area contributed by atoms with Gasteiger partial charge in [-0.25, -0.2) is 27.3 Å². The van der Waals surface area contributed by atoms with Gasteiger partial charge >= 0.3 is 0 Å². The summed E-state index contributed by atoms with van der Waals surface area (Å²) in [7, 11) is -3.85. The number of sulfonamides is 1. The quantitative estimate of drug-likeness (QED) is 0.590. The number of nitrogens with one attached hydrogen (secondary N) is 1. The monoisotopic (exact) mass is 426 g/mol. The molecule has 0 fully saturated rings. The lowest BCUT2D eigenvalue weighted by atomic mass is 10.3. The molecule has 11 heteroatoms. The minimum Gasteiger partial charge on any atom is -0.325 e. The van der Waals surface area contributed by atoms with Crippen LogP contribution in [0.25, 0.3) is 11.0 Å². The largest absolute Gasteiger partial charge is 0.325 e. The first kappa shape index (κ1) is 20.2. The van der Waals surface area contributed by atoms with E-state index in [0.29, 0.717) is 22.7 Å². The zero-order valence-electron chi connectivity index (χ0n) is 14.6. The van der Waals surface area contributed by atoms with Gasteiger partial charge in [-0.15, -0.1) is 0 Å². The lowest BCUT2D eigenvalue weighted by molar-refractivity contribution is -0.113. The summed E-state index contributed by atoms with van der Waals surface area (Å²) in [6.45, 7) is 2.44. The van der Waals surface area contributed by atoms with Crippen molar-refractivity contribution >= 4 is 44.4 Å². The summed E-state index contributed by atoms with van der Waals surface area (Å²) in [5.41, 5.74) is 1.29. The van der Waals surface area contributed by atoms with Crippen LogP contribution >= 0.6 is 11.8 Å². The molecule has 7 nitrogen and oxygen atoms in total. The van der Waals surface area contributed by atoms with E-state index >= 15 is 0 Å². The van der Waals surface area contributed by atoms with Gasteiger partial charge in [0.1, 0.15) is 0 Å². The van der Waals surface area contributed by atoms with E-state index in [9.17, 15) is 22.0 Å². The van der Waals surface area contributed by atoms with Gasteiger partial charge in [0, 0.05) is 18.3 Å². The minimum atomic E-state index is -3.85. The van der Waals surface area contributed by atoms with Crippen molar-refractivity contribution in [2.24, 2.45) is 5.14 Å². The molecule has 1 amide bonds. The van der Waals surface area contributed by atoms with Gasteiger partial charge in [0.25, 0.3) is 0 Å². The van der Waals surface area contributed by atoms with Crippen molar-refractivity contribution < 1.29 is 22.0 Å². The van der Waals surface area contributed by atoms with E-state index in [4.69, 9.17) is 5.14 Å². The molecule has 0 aliphatic carbocycles. The molecule has 0 saturated carbocycles. The number of amides is 1. The van der Waals surface area contributed by atoms with Gasteiger partial charge in [0.2, 0.25) is 15.9 Å². The Morgan fingerprint density at radius 1 is 1.21 bits per heavy atom. The third-order valence-corrected chi connectivity index (χ3v) is 5.75. The highest BCUT2D eigenvalue weighted by atomic mass is 32.2. The van der Waals surface area contributed by atoms with Crippen LogP contribution in [-0.4, -0.2) is 29.6 Å². The van der Waals surface area contributed by atoms with Gasteiger partial charge in [-0.05, 0) is 37.3 Å². The molecule has 0 bridgehead atoms. The van der Waals surface area contributed by atoms with Crippen LogP contribution in [-0.2, 0) is 21.4 Å². The molecule has 2 aromatic carbocycles. The number of carbonyl (C=O) groups excluding carboxylic acids is 1. The maximum absolute atomic E-state index is 13.2. The van der Waals surface area contributed by atoms with E-state index < -0.39 is 27.6 Å². The van der Waals surface area contributed by atoms with Crippen molar-refractivity contribution in [3.8, 4) is 0 Å². The second kappa shape index (κ2) is 7.86. The highest BCUT2D eigenvalue weighted by Gasteiger charge is 2.16. The molecule has 3 rings (SSSR count). The Labute approximate surface area is 164 Å². The van der Waals surface area contributed by atoms with E-state index in [1.54, 1.807) is 6.07 Å². The van der Waals surface area contributed by atoms with Crippen LogP contribution in [0.2, 0.25) is 0 Å². The van der Waals surface area contributed by atoms with Gasteiger partial charge in [0.15, 0.2) is 16.8 Å². The number of nitrogens with two attached hydrogens (primary N) is 1. The molecule has 0 unspecified atom stereocenters. The fourth-order valence-corrected chi connectivity index (χ4v) is 3.99. The summed E-state index contributed by atoms with van der Waals surface area (Å²) in [5.74, 6) is -2.49. The molecule has 0 spiro atoms. The predicted molar refractivity (Wildman–Crippen MR) is 102 cm³/mol. The normalized spacial score (nSPS) is 11.7. The topological polar surface area (TPSA) is 107 Å². The molecule has 1 heterocycles. The number of halogens is 2. The number of hydrogen-bond donors (Lipinski definition) is 2. The molecule has 0 atom stereocenters. The molecule has 148 valence electrons. The van der Waals surface area contributed by atoms with Crippen LogP contribution in [0.3, 0.4) is 0 Å². The first-order valence-electron chi connectivity index (χ1n) is 8.10. The van der Waals surface area contributed by atoms with Crippen molar-refractivity contribution in [3.63, 3.8) is 0 Å². The highest BCUT2D eigenvalue weighted by molar-refractivity contribution is 7.99. The van der Waals surface area contributed by atoms with Gasteiger partial charge in [0.05, 0.1) is 21.7 Å². The van der Waals surface area contributed by atoms with E-state index in [2.05, 4.69) is 10.3 Å². The number of aryl methyl sites for hydroxylation is 1. The number of hydrogen-bond acceptors (Lipinski definition) is 5. The maximum atomic E-state index is 13.2. The number of primary sulfonamides is 1. The van der Waals surface area contributed by atoms with Crippen molar-refractivity contribution in [3.05, 3.63) is 48.0 Å². The smallest absolute Gasteiger partial charge is 0.238 e. The number of rotatable bonds is 6. The molecular formula is C17H16F2N4O3S2. The summed E-state index contributed by atoms with van der Waals surface area (Å²) in [4.78, 5) is 16.4. The number of fused-ring (bicyclic) bond motifs is 1. The van der Waals surface area contributed by atoms with Crippen molar-refractivity contribution in [1.82, 2.24) is 9.55 Å². The summed E-state index contributed by atoms with van der Waals surface area (Å²) in [5, 5.41) is 8.15. The van der Waals surface area contributed by atoms with Crippen LogP contribution in [0.4, 0.5) is 14.5 Å². The van der Waals surface area contributed by atoms with Gasteiger partial charge in [-0.1, -0.05) is 11.8 Å². The van der Waals surface area contributed by atoms with E-state index in [-0.39, 0.29) is 16.3 Å². The number of carbonyl (C=O) groups is 1. The zero-order chi connectivity index (χ0) is 20.5. The minimum absolute atomic E-state index is 0.0235. The van der Waals surface area contributed by atoms with Crippen molar-refractivity contribution in [2.45, 2.75) is 23.5 Å². The molecule has 0 saturated heterocycles. The summed E-state index contributed by atoms with van der Waals surface area (Å²) >= 11 is 1.14. The van der Waals surface area contributed by atoms with Crippen LogP contribution in [0, 0.1) is 11.6 Å². The Balaban J connectivity index is 1.77. The Bertz CT molecular complexity index is 1160. The molecule has 1 aromatic heterocycles. The summed E-state index contributed by atoms with van der Waals surface area (Å²) in [6.07, 6.45) is 0. The zero-order valence-corrected chi connectivity index (χ0v) is 16.3. The first-order chi connectivity index (χ1) is 13.2. The third-order valence-electron chi connectivity index (χ3n) is 3.87. The van der Waals surface area contributed by atoms with E-state index in [1.807, 2.05) is 11.5 Å². The maximum Gasteiger partial charge on any atom is 0.238 e. The molecule has 3 N–H and O–H groups in total. The second-order valence-corrected chi connectivity index (χ2v) is 8.30. The van der Waals surface area contributed by atoms with Crippen LogP contribution in [0.1, 0.15) is 6.92 Å². The van der Waals surface area contributed by atoms with Crippen molar-refractivity contribution in [1.29, 1.82) is 0 Å². The number of benzene rings is 2. The SMILES string of the molecule is CCn1c(SCC(=O)Nc2ccc(F)c(F)c2)nc2cc(S(N)(=O)=O)ccc21. The Morgan fingerprint density at radius 3 is 2.61 bits per heavy atom. The molecular weight excluding hydrogens is 410 g/mol. The van der Waals surface area contributed by atoms with E-state index in [0.717, 1.165) is 23.9 Å². The number of anilines is 1. The first-order valence-corrected chi connectivity index (χ1v) is 10.6. The van der Waals surface area contributed by atoms with Crippen LogP contribution in [0.15, 0.2) is 46.5 Å². The number of nitrogens with zero attached hydrogens (tertiary/aromatic N) is 2. The van der Waals surface area contributed by atoms with E-state index in [1.165, 1.54) is 18.2 Å². The van der Waals surface area contributed by atoms with Gasteiger partial charge in [-0.3, -0.25) is 4.79 Å². The summed E-state index contributed by atoms with van der Waals surface area (Å²) < 4.78 is 51.0. The average Bonchev–Trinajstić information content (AvgIpc) is 2.99. The number of aromatic nitrogens is 2. The van der Waals surface area contributed by atoms with Crippen LogP contribution < -0.4 is 10.5 Å². The fraction of sp³-hybridized carbons (Fsp3) is 0.176. The molecule has 28 heavy (non-hydrogen) atoms. The molecule has 0 aliphatic heterocycles.